The molecule has 0 amide bonds. The van der Waals surface area contributed by atoms with Crippen LogP contribution in [0.15, 0.2) is 90.0 Å². The third-order valence-electron chi connectivity index (χ3n) is 7.10. The Morgan fingerprint density at radius 1 is 0.902 bits per heavy atom. The molecule has 5 aromatic rings. The van der Waals surface area contributed by atoms with Crippen LogP contribution >= 0.6 is 0 Å². The Morgan fingerprint density at radius 2 is 1.66 bits per heavy atom. The Morgan fingerprint density at radius 3 is 2.41 bits per heavy atom. The molecule has 0 radical (unpaired) electrons. The number of aryl methyl sites for hydroxylation is 1. The van der Waals surface area contributed by atoms with Crippen molar-refractivity contribution in [2.45, 2.75) is 39.2 Å². The molecule has 2 aromatic carbocycles. The zero-order valence-electron chi connectivity index (χ0n) is 22.6. The second-order valence-corrected chi connectivity index (χ2v) is 10.1. The van der Waals surface area contributed by atoms with Crippen molar-refractivity contribution in [2.24, 2.45) is 0 Å². The first-order valence-electron chi connectivity index (χ1n) is 13.2. The van der Waals surface area contributed by atoms with Crippen molar-refractivity contribution in [3.05, 3.63) is 130 Å². The number of carbonyl (C=O) groups is 2. The fourth-order valence-corrected chi connectivity index (χ4v) is 5.24. The molecular weight excluding hydrogens is 524 g/mol. The van der Waals surface area contributed by atoms with Crippen LogP contribution in [-0.4, -0.2) is 26.1 Å². The number of fused-ring (bicyclic) bond motifs is 1. The van der Waals surface area contributed by atoms with Gasteiger partial charge in [0.05, 0.1) is 17.8 Å². The van der Waals surface area contributed by atoms with Crippen molar-refractivity contribution < 1.29 is 18.4 Å². The van der Waals surface area contributed by atoms with Gasteiger partial charge in [-0.15, -0.1) is 0 Å². The van der Waals surface area contributed by atoms with Gasteiger partial charge in [-0.1, -0.05) is 24.3 Å². The highest BCUT2D eigenvalue weighted by Crippen LogP contribution is 2.33. The molecule has 3 aromatic heterocycles. The van der Waals surface area contributed by atoms with Crippen LogP contribution in [0.25, 0.3) is 22.0 Å². The molecule has 0 saturated heterocycles. The summed E-state index contributed by atoms with van der Waals surface area (Å²) in [6.45, 7) is 3.11. The Labute approximate surface area is 235 Å². The number of nitrogens with zero attached hydrogens (tertiary/aromatic N) is 3. The molecule has 1 atom stereocenters. The molecule has 206 valence electrons. The van der Waals surface area contributed by atoms with E-state index in [1.54, 1.807) is 30.5 Å². The van der Waals surface area contributed by atoms with E-state index in [4.69, 9.17) is 0 Å². The minimum Gasteiger partial charge on any atom is -0.301 e. The molecule has 0 aliphatic rings. The highest BCUT2D eigenvalue weighted by molar-refractivity contribution is 5.93. The van der Waals surface area contributed by atoms with Gasteiger partial charge in [-0.3, -0.25) is 24.4 Å². The van der Waals surface area contributed by atoms with Crippen molar-refractivity contribution in [2.75, 3.05) is 0 Å². The number of carbonyl (C=O) groups excluding carboxylic acids is 2. The maximum atomic E-state index is 14.1. The van der Waals surface area contributed by atoms with E-state index in [9.17, 15) is 23.2 Å². The summed E-state index contributed by atoms with van der Waals surface area (Å²) in [5, 5.41) is 0.873. The van der Waals surface area contributed by atoms with Crippen molar-refractivity contribution in [1.82, 2.24) is 14.5 Å². The molecule has 0 N–H and O–H groups in total. The molecule has 0 saturated carbocycles. The minimum absolute atomic E-state index is 0.0402. The fourth-order valence-electron chi connectivity index (χ4n) is 5.24. The van der Waals surface area contributed by atoms with E-state index in [2.05, 4.69) is 9.97 Å². The van der Waals surface area contributed by atoms with Gasteiger partial charge in [0.25, 0.3) is 5.56 Å². The molecule has 0 fully saturated rings. The lowest BCUT2D eigenvalue weighted by Crippen LogP contribution is -2.26. The van der Waals surface area contributed by atoms with Gasteiger partial charge in [0, 0.05) is 54.7 Å². The lowest BCUT2D eigenvalue weighted by atomic mass is 9.86. The topological polar surface area (TPSA) is 81.9 Å². The number of rotatable bonds is 9. The minimum atomic E-state index is -0.718. The number of ketones is 2. The van der Waals surface area contributed by atoms with Crippen LogP contribution in [0.3, 0.4) is 0 Å². The zero-order valence-corrected chi connectivity index (χ0v) is 22.6. The molecule has 0 unspecified atom stereocenters. The molecule has 0 spiro atoms. The average molecular weight is 552 g/mol. The molecule has 41 heavy (non-hydrogen) atoms. The quantitative estimate of drug-likeness (QED) is 0.203. The standard InChI is InChI=1S/C33H27F2N3O3/c1-20-12-32(41)38(31-8-4-3-6-28(20)31)19-27(40)16-24(13-22-14-25(34)18-26(35)15-22)33-29(7-5-10-37-33)23-9-11-36-30(17-23)21(2)39/h3-12,14-15,17-18,24H,13,16,19H2,1-2H3/t24-/m1/s1. The first-order chi connectivity index (χ1) is 19.7. The second-order valence-electron chi connectivity index (χ2n) is 10.1. The molecule has 0 aliphatic heterocycles. The normalized spacial score (nSPS) is 11.9. The maximum Gasteiger partial charge on any atom is 0.251 e. The monoisotopic (exact) mass is 551 g/mol. The summed E-state index contributed by atoms with van der Waals surface area (Å²) < 4.78 is 29.7. The van der Waals surface area contributed by atoms with Gasteiger partial charge >= 0.3 is 0 Å². The largest absolute Gasteiger partial charge is 0.301 e. The van der Waals surface area contributed by atoms with Gasteiger partial charge in [0.2, 0.25) is 0 Å². The molecule has 0 aliphatic carbocycles. The van der Waals surface area contributed by atoms with Crippen LogP contribution in [0.2, 0.25) is 0 Å². The van der Waals surface area contributed by atoms with E-state index in [0.29, 0.717) is 27.9 Å². The van der Waals surface area contributed by atoms with Crippen molar-refractivity contribution in [3.63, 3.8) is 0 Å². The Balaban J connectivity index is 1.55. The van der Waals surface area contributed by atoms with Crippen LogP contribution in [0.5, 0.6) is 0 Å². The Hall–Kier alpha value is -4.85. The van der Waals surface area contributed by atoms with Crippen molar-refractivity contribution >= 4 is 22.5 Å². The van der Waals surface area contributed by atoms with Crippen molar-refractivity contribution in [3.8, 4) is 11.1 Å². The van der Waals surface area contributed by atoms with Gasteiger partial charge in [0.1, 0.15) is 17.3 Å². The summed E-state index contributed by atoms with van der Waals surface area (Å²) in [5.74, 6) is -2.46. The van der Waals surface area contributed by atoms with E-state index in [1.807, 2.05) is 31.2 Å². The van der Waals surface area contributed by atoms with E-state index < -0.39 is 17.6 Å². The second kappa shape index (κ2) is 11.7. The Kier molecular flexibility index (Phi) is 7.92. The van der Waals surface area contributed by atoms with Crippen LogP contribution in [-0.2, 0) is 17.8 Å². The van der Waals surface area contributed by atoms with E-state index in [1.165, 1.54) is 35.9 Å². The molecule has 3 heterocycles. The first kappa shape index (κ1) is 27.7. The Bertz CT molecular complexity index is 1830. The van der Waals surface area contributed by atoms with Gasteiger partial charge in [-0.05, 0) is 66.4 Å². The van der Waals surface area contributed by atoms with Crippen LogP contribution < -0.4 is 5.56 Å². The SMILES string of the molecule is CC(=O)c1cc(-c2cccnc2[C@@H](CC(=O)Cn2c(=O)cc(C)c3ccccc32)Cc2cc(F)cc(F)c2)ccn1. The molecular formula is C33H27F2N3O3. The number of hydrogen-bond acceptors (Lipinski definition) is 5. The van der Waals surface area contributed by atoms with Crippen LogP contribution in [0.1, 0.15) is 46.6 Å². The molecule has 0 bridgehead atoms. The summed E-state index contributed by atoms with van der Waals surface area (Å²) in [7, 11) is 0. The van der Waals surface area contributed by atoms with E-state index >= 15 is 0 Å². The van der Waals surface area contributed by atoms with Gasteiger partial charge in [0.15, 0.2) is 11.6 Å². The third kappa shape index (κ3) is 6.17. The van der Waals surface area contributed by atoms with E-state index in [-0.39, 0.29) is 42.2 Å². The summed E-state index contributed by atoms with van der Waals surface area (Å²) in [6, 6.07) is 19.1. The van der Waals surface area contributed by atoms with Gasteiger partial charge in [-0.25, -0.2) is 8.78 Å². The van der Waals surface area contributed by atoms with Crippen LogP contribution in [0.4, 0.5) is 8.78 Å². The first-order valence-corrected chi connectivity index (χ1v) is 13.2. The number of aromatic nitrogens is 3. The summed E-state index contributed by atoms with van der Waals surface area (Å²) in [5.41, 5.74) is 3.72. The smallest absolute Gasteiger partial charge is 0.251 e. The van der Waals surface area contributed by atoms with Crippen LogP contribution in [0, 0.1) is 18.6 Å². The molecule has 8 heteroatoms. The van der Waals surface area contributed by atoms with Gasteiger partial charge in [-0.2, -0.15) is 0 Å². The number of Topliss-reactive ketones (excluding diaryl/α,β-unsaturated/α-hetero) is 2. The number of para-hydroxylation sites is 1. The van der Waals surface area contributed by atoms with E-state index in [0.717, 1.165) is 17.0 Å². The summed E-state index contributed by atoms with van der Waals surface area (Å²) >= 11 is 0. The number of pyridine rings is 3. The maximum absolute atomic E-state index is 14.1. The highest BCUT2D eigenvalue weighted by atomic mass is 19.1. The summed E-state index contributed by atoms with van der Waals surface area (Å²) in [4.78, 5) is 47.2. The molecule has 6 nitrogen and oxygen atoms in total. The number of hydrogen-bond donors (Lipinski definition) is 0. The van der Waals surface area contributed by atoms with Gasteiger partial charge < -0.3 is 4.57 Å². The third-order valence-corrected chi connectivity index (χ3v) is 7.10. The predicted molar refractivity (Wildman–Crippen MR) is 153 cm³/mol. The highest BCUT2D eigenvalue weighted by Gasteiger charge is 2.23. The number of benzene rings is 2. The average Bonchev–Trinajstić information content (AvgIpc) is 2.94. The fraction of sp³-hybridized carbons (Fsp3) is 0.182. The summed E-state index contributed by atoms with van der Waals surface area (Å²) in [6.07, 6.45) is 3.20. The lowest BCUT2D eigenvalue weighted by Gasteiger charge is -2.20. The number of halogens is 2. The lowest BCUT2D eigenvalue weighted by molar-refractivity contribution is -0.120. The molecule has 5 rings (SSSR count). The van der Waals surface area contributed by atoms with Crippen molar-refractivity contribution in [1.29, 1.82) is 0 Å². The predicted octanol–water partition coefficient (Wildman–Crippen LogP) is 6.23. The zero-order chi connectivity index (χ0) is 29.1.